The third kappa shape index (κ3) is 2.70. The highest BCUT2D eigenvalue weighted by Crippen LogP contribution is 2.36. The zero-order valence-electron chi connectivity index (χ0n) is 14.1. The average molecular weight is 307 g/mol. The predicted octanol–water partition coefficient (Wildman–Crippen LogP) is 3.68. The van der Waals surface area contributed by atoms with E-state index in [9.17, 15) is 0 Å². The number of allylic oxidation sites excluding steroid dienone is 1. The molecule has 3 heterocycles. The molecule has 0 N–H and O–H groups in total. The quantitative estimate of drug-likeness (QED) is 0.784. The van der Waals surface area contributed by atoms with Crippen LogP contribution in [0, 0.1) is 0 Å². The predicted molar refractivity (Wildman–Crippen MR) is 95.9 cm³/mol. The maximum Gasteiger partial charge on any atom is 0.0821 e. The summed E-state index contributed by atoms with van der Waals surface area (Å²) in [6, 6.07) is 13.8. The van der Waals surface area contributed by atoms with Gasteiger partial charge >= 0.3 is 0 Å². The van der Waals surface area contributed by atoms with Gasteiger partial charge < -0.3 is 9.47 Å². The van der Waals surface area contributed by atoms with Crippen molar-refractivity contribution in [1.29, 1.82) is 0 Å². The Bertz CT molecular complexity index is 724. The number of nitrogens with zero attached hydrogens (tertiary/aromatic N) is 3. The number of rotatable bonds is 2. The largest absolute Gasteiger partial charge is 0.360 e. The van der Waals surface area contributed by atoms with Crippen molar-refractivity contribution in [2.45, 2.75) is 26.4 Å². The first-order valence-corrected chi connectivity index (χ1v) is 8.57. The molecule has 4 rings (SSSR count). The Labute approximate surface area is 138 Å². The fourth-order valence-electron chi connectivity index (χ4n) is 3.84. The summed E-state index contributed by atoms with van der Waals surface area (Å²) < 4.78 is 2.42. The standard InChI is InChI=1S/C20H25N3/c1-16(2)9-11-21-12-13-23-18-7-4-3-6-17(18)14-22-10-5-8-19(22)20(23)15-21/h3-10,20H,11-15H2,1-2H3. The molecule has 1 atom stereocenters. The van der Waals surface area contributed by atoms with E-state index in [-0.39, 0.29) is 0 Å². The summed E-state index contributed by atoms with van der Waals surface area (Å²) in [6.07, 6.45) is 4.57. The molecule has 3 nitrogen and oxygen atoms in total. The first-order valence-electron chi connectivity index (χ1n) is 8.57. The van der Waals surface area contributed by atoms with Crippen LogP contribution in [0.4, 0.5) is 5.69 Å². The Morgan fingerprint density at radius 1 is 1.13 bits per heavy atom. The number of aromatic nitrogens is 1. The molecule has 1 fully saturated rings. The first kappa shape index (κ1) is 14.6. The van der Waals surface area contributed by atoms with Crippen molar-refractivity contribution in [2.75, 3.05) is 31.1 Å². The second-order valence-electron chi connectivity index (χ2n) is 6.94. The zero-order chi connectivity index (χ0) is 15.8. The molecule has 1 aromatic carbocycles. The smallest absolute Gasteiger partial charge is 0.0821 e. The summed E-state index contributed by atoms with van der Waals surface area (Å²) in [7, 11) is 0. The Hall–Kier alpha value is -2.00. The van der Waals surface area contributed by atoms with Crippen molar-refractivity contribution in [3.05, 3.63) is 65.5 Å². The van der Waals surface area contributed by atoms with E-state index in [0.29, 0.717) is 6.04 Å². The molecule has 1 aromatic heterocycles. The van der Waals surface area contributed by atoms with Gasteiger partial charge in [0, 0.05) is 50.3 Å². The summed E-state index contributed by atoms with van der Waals surface area (Å²) in [5.41, 5.74) is 5.71. The lowest BCUT2D eigenvalue weighted by molar-refractivity contribution is 0.242. The van der Waals surface area contributed by atoms with Crippen molar-refractivity contribution >= 4 is 5.69 Å². The van der Waals surface area contributed by atoms with Gasteiger partial charge in [-0.05, 0) is 37.6 Å². The summed E-state index contributed by atoms with van der Waals surface area (Å²) in [5.74, 6) is 0. The lowest BCUT2D eigenvalue weighted by Gasteiger charge is -2.42. The molecule has 0 amide bonds. The van der Waals surface area contributed by atoms with Crippen LogP contribution in [-0.4, -0.2) is 35.6 Å². The summed E-state index contributed by atoms with van der Waals surface area (Å²) in [4.78, 5) is 5.20. The minimum absolute atomic E-state index is 0.452. The minimum atomic E-state index is 0.452. The normalized spacial score (nSPS) is 20.3. The molecule has 0 bridgehead atoms. The molecule has 3 heteroatoms. The highest BCUT2D eigenvalue weighted by molar-refractivity contribution is 5.57. The molecular weight excluding hydrogens is 282 g/mol. The Balaban J connectivity index is 1.69. The van der Waals surface area contributed by atoms with E-state index in [0.717, 1.165) is 32.7 Å². The summed E-state index contributed by atoms with van der Waals surface area (Å²) in [5, 5.41) is 0. The molecule has 120 valence electrons. The number of para-hydroxylation sites is 1. The first-order chi connectivity index (χ1) is 11.2. The van der Waals surface area contributed by atoms with Crippen LogP contribution in [0.2, 0.25) is 0 Å². The monoisotopic (exact) mass is 307 g/mol. The van der Waals surface area contributed by atoms with Crippen molar-refractivity contribution in [3.8, 4) is 0 Å². The molecule has 0 aliphatic carbocycles. The minimum Gasteiger partial charge on any atom is -0.360 e. The average Bonchev–Trinajstić information content (AvgIpc) is 2.97. The van der Waals surface area contributed by atoms with E-state index in [2.05, 4.69) is 76.9 Å². The lowest BCUT2D eigenvalue weighted by atomic mass is 10.1. The Kier molecular flexibility index (Phi) is 3.74. The van der Waals surface area contributed by atoms with Crippen LogP contribution in [0.1, 0.15) is 31.1 Å². The van der Waals surface area contributed by atoms with Gasteiger partial charge in [-0.2, -0.15) is 0 Å². The molecule has 1 unspecified atom stereocenters. The molecule has 0 saturated carbocycles. The van der Waals surface area contributed by atoms with Gasteiger partial charge in [0.05, 0.1) is 6.04 Å². The van der Waals surface area contributed by atoms with Gasteiger partial charge in [-0.1, -0.05) is 29.8 Å². The Morgan fingerprint density at radius 3 is 2.87 bits per heavy atom. The van der Waals surface area contributed by atoms with Crippen LogP contribution in [0.25, 0.3) is 0 Å². The third-order valence-corrected chi connectivity index (χ3v) is 5.07. The van der Waals surface area contributed by atoms with E-state index < -0.39 is 0 Å². The third-order valence-electron chi connectivity index (χ3n) is 5.07. The SMILES string of the molecule is CC(C)=CCN1CCN2c3ccccc3Cn3cccc3C2C1. The lowest BCUT2D eigenvalue weighted by Crippen LogP contribution is -2.48. The second-order valence-corrected chi connectivity index (χ2v) is 6.94. The fraction of sp³-hybridized carbons (Fsp3) is 0.400. The van der Waals surface area contributed by atoms with Gasteiger partial charge in [-0.25, -0.2) is 0 Å². The molecular formula is C20H25N3. The molecule has 2 aromatic rings. The van der Waals surface area contributed by atoms with E-state index in [1.807, 2.05) is 0 Å². The maximum absolute atomic E-state index is 2.62. The van der Waals surface area contributed by atoms with Crippen LogP contribution in [-0.2, 0) is 6.54 Å². The van der Waals surface area contributed by atoms with E-state index >= 15 is 0 Å². The molecule has 2 aliphatic rings. The van der Waals surface area contributed by atoms with Crippen LogP contribution in [0.15, 0.2) is 54.2 Å². The summed E-state index contributed by atoms with van der Waals surface area (Å²) in [6.45, 7) is 9.75. The van der Waals surface area contributed by atoms with Crippen molar-refractivity contribution in [1.82, 2.24) is 9.47 Å². The number of benzene rings is 1. The van der Waals surface area contributed by atoms with Gasteiger partial charge in [-0.15, -0.1) is 0 Å². The number of anilines is 1. The summed E-state index contributed by atoms with van der Waals surface area (Å²) >= 11 is 0. The van der Waals surface area contributed by atoms with Gasteiger partial charge in [0.15, 0.2) is 0 Å². The van der Waals surface area contributed by atoms with E-state index in [4.69, 9.17) is 0 Å². The zero-order valence-corrected chi connectivity index (χ0v) is 14.1. The highest BCUT2D eigenvalue weighted by Gasteiger charge is 2.32. The molecule has 2 aliphatic heterocycles. The van der Waals surface area contributed by atoms with Gasteiger partial charge in [0.1, 0.15) is 0 Å². The fourth-order valence-corrected chi connectivity index (χ4v) is 3.84. The van der Waals surface area contributed by atoms with Gasteiger partial charge in [0.2, 0.25) is 0 Å². The van der Waals surface area contributed by atoms with Gasteiger partial charge in [0.25, 0.3) is 0 Å². The molecule has 1 saturated heterocycles. The van der Waals surface area contributed by atoms with Crippen LogP contribution >= 0.6 is 0 Å². The number of hydrogen-bond donors (Lipinski definition) is 0. The number of hydrogen-bond acceptors (Lipinski definition) is 2. The van der Waals surface area contributed by atoms with E-state index in [1.54, 1.807) is 0 Å². The second kappa shape index (κ2) is 5.89. The molecule has 0 radical (unpaired) electrons. The van der Waals surface area contributed by atoms with Gasteiger partial charge in [-0.3, -0.25) is 4.90 Å². The van der Waals surface area contributed by atoms with Crippen LogP contribution in [0.5, 0.6) is 0 Å². The highest BCUT2D eigenvalue weighted by atomic mass is 15.3. The Morgan fingerprint density at radius 2 is 2.00 bits per heavy atom. The molecule has 23 heavy (non-hydrogen) atoms. The van der Waals surface area contributed by atoms with Crippen molar-refractivity contribution in [3.63, 3.8) is 0 Å². The van der Waals surface area contributed by atoms with Crippen LogP contribution < -0.4 is 4.90 Å². The maximum atomic E-state index is 2.62. The van der Waals surface area contributed by atoms with E-state index in [1.165, 1.54) is 22.5 Å². The number of fused-ring (bicyclic) bond motifs is 5. The number of piperazine rings is 1. The molecule has 0 spiro atoms. The van der Waals surface area contributed by atoms with Crippen LogP contribution in [0.3, 0.4) is 0 Å². The van der Waals surface area contributed by atoms with Crippen molar-refractivity contribution in [2.24, 2.45) is 0 Å². The van der Waals surface area contributed by atoms with Crippen molar-refractivity contribution < 1.29 is 0 Å². The topological polar surface area (TPSA) is 11.4 Å².